The third-order valence-corrected chi connectivity index (χ3v) is 3.54. The van der Waals surface area contributed by atoms with Gasteiger partial charge >= 0.3 is 0 Å². The SMILES string of the molecule is Cc1cc(C)cc(CCNC(=NCC(=O)N(C)C)NCC(C)C)c1.I. The molecule has 0 saturated heterocycles. The Morgan fingerprint density at radius 2 is 1.72 bits per heavy atom. The first-order chi connectivity index (χ1) is 11.3. The van der Waals surface area contributed by atoms with Crippen LogP contribution in [0.5, 0.6) is 0 Å². The van der Waals surface area contributed by atoms with E-state index in [0.717, 1.165) is 19.5 Å². The normalized spacial score (nSPS) is 11.1. The lowest BCUT2D eigenvalue weighted by Gasteiger charge is -2.15. The Labute approximate surface area is 169 Å². The first-order valence-electron chi connectivity index (χ1n) is 8.57. The van der Waals surface area contributed by atoms with Crippen molar-refractivity contribution in [3.05, 3.63) is 34.9 Å². The van der Waals surface area contributed by atoms with Crippen molar-refractivity contribution >= 4 is 35.8 Å². The summed E-state index contributed by atoms with van der Waals surface area (Å²) in [6, 6.07) is 6.60. The number of carbonyl (C=O) groups excluding carboxylic acids is 1. The monoisotopic (exact) mass is 460 g/mol. The van der Waals surface area contributed by atoms with Crippen LogP contribution in [-0.2, 0) is 11.2 Å². The highest BCUT2D eigenvalue weighted by molar-refractivity contribution is 14.0. The Morgan fingerprint density at radius 1 is 1.12 bits per heavy atom. The minimum Gasteiger partial charge on any atom is -0.356 e. The second kappa shape index (κ2) is 12.1. The van der Waals surface area contributed by atoms with Gasteiger partial charge in [0.1, 0.15) is 6.54 Å². The number of benzene rings is 1. The zero-order valence-corrected chi connectivity index (χ0v) is 18.7. The van der Waals surface area contributed by atoms with Crippen LogP contribution in [0.25, 0.3) is 0 Å². The van der Waals surface area contributed by atoms with E-state index >= 15 is 0 Å². The summed E-state index contributed by atoms with van der Waals surface area (Å²) in [7, 11) is 3.49. The van der Waals surface area contributed by atoms with Crippen LogP contribution < -0.4 is 10.6 Å². The van der Waals surface area contributed by atoms with E-state index < -0.39 is 0 Å². The number of halogens is 1. The lowest BCUT2D eigenvalue weighted by molar-refractivity contribution is -0.127. The molecule has 0 bridgehead atoms. The maximum atomic E-state index is 11.7. The van der Waals surface area contributed by atoms with Crippen molar-refractivity contribution in [2.75, 3.05) is 33.7 Å². The molecule has 0 aliphatic carbocycles. The molecule has 0 radical (unpaired) electrons. The van der Waals surface area contributed by atoms with E-state index in [1.807, 2.05) is 0 Å². The summed E-state index contributed by atoms with van der Waals surface area (Å²) in [4.78, 5) is 17.7. The van der Waals surface area contributed by atoms with Crippen molar-refractivity contribution < 1.29 is 4.79 Å². The van der Waals surface area contributed by atoms with Crippen LogP contribution in [0.15, 0.2) is 23.2 Å². The predicted octanol–water partition coefficient (Wildman–Crippen LogP) is 2.74. The Hall–Kier alpha value is -1.31. The molecule has 1 amide bonds. The third kappa shape index (κ3) is 10.3. The van der Waals surface area contributed by atoms with Gasteiger partial charge in [0.15, 0.2) is 5.96 Å². The first kappa shape index (κ1) is 23.7. The number of hydrogen-bond donors (Lipinski definition) is 2. The van der Waals surface area contributed by atoms with E-state index in [1.54, 1.807) is 19.0 Å². The van der Waals surface area contributed by atoms with Crippen LogP contribution in [-0.4, -0.2) is 50.5 Å². The first-order valence-corrected chi connectivity index (χ1v) is 8.57. The van der Waals surface area contributed by atoms with Gasteiger partial charge in [-0.25, -0.2) is 4.99 Å². The number of guanidine groups is 1. The maximum Gasteiger partial charge on any atom is 0.243 e. The van der Waals surface area contributed by atoms with Gasteiger partial charge in [-0.2, -0.15) is 0 Å². The maximum absolute atomic E-state index is 11.7. The van der Waals surface area contributed by atoms with Crippen molar-refractivity contribution in [2.45, 2.75) is 34.1 Å². The van der Waals surface area contributed by atoms with Gasteiger partial charge in [-0.3, -0.25) is 4.79 Å². The second-order valence-corrected chi connectivity index (χ2v) is 6.90. The van der Waals surface area contributed by atoms with Gasteiger partial charge in [0.25, 0.3) is 0 Å². The van der Waals surface area contributed by atoms with Gasteiger partial charge in [-0.1, -0.05) is 43.2 Å². The molecule has 142 valence electrons. The molecule has 2 N–H and O–H groups in total. The summed E-state index contributed by atoms with van der Waals surface area (Å²) in [6.45, 7) is 10.3. The highest BCUT2D eigenvalue weighted by Crippen LogP contribution is 2.08. The molecule has 0 aromatic heterocycles. The molecular weight excluding hydrogens is 427 g/mol. The quantitative estimate of drug-likeness (QED) is 0.374. The van der Waals surface area contributed by atoms with Crippen LogP contribution >= 0.6 is 24.0 Å². The van der Waals surface area contributed by atoms with E-state index in [0.29, 0.717) is 11.9 Å². The largest absolute Gasteiger partial charge is 0.356 e. The molecule has 0 unspecified atom stereocenters. The van der Waals surface area contributed by atoms with Crippen LogP contribution in [0.3, 0.4) is 0 Å². The van der Waals surface area contributed by atoms with Crippen LogP contribution in [0.1, 0.15) is 30.5 Å². The lowest BCUT2D eigenvalue weighted by Crippen LogP contribution is -2.41. The number of hydrogen-bond acceptors (Lipinski definition) is 2. The second-order valence-electron chi connectivity index (χ2n) is 6.90. The molecule has 5 nitrogen and oxygen atoms in total. The lowest BCUT2D eigenvalue weighted by atomic mass is 10.1. The number of rotatable bonds is 7. The van der Waals surface area contributed by atoms with Gasteiger partial charge in [-0.15, -0.1) is 24.0 Å². The highest BCUT2D eigenvalue weighted by Gasteiger charge is 2.05. The summed E-state index contributed by atoms with van der Waals surface area (Å²) in [5, 5.41) is 6.62. The minimum atomic E-state index is -0.00467. The Morgan fingerprint density at radius 3 is 2.24 bits per heavy atom. The average molecular weight is 460 g/mol. The zero-order valence-electron chi connectivity index (χ0n) is 16.3. The standard InChI is InChI=1S/C19H32N4O.HI/c1-14(2)12-21-19(22-13-18(24)23(5)6)20-8-7-17-10-15(3)9-16(4)11-17;/h9-11,14H,7-8,12-13H2,1-6H3,(H2,20,21,22);1H. The van der Waals surface area contributed by atoms with Gasteiger partial charge in [-0.05, 0) is 31.7 Å². The van der Waals surface area contributed by atoms with Gasteiger partial charge in [0.05, 0.1) is 0 Å². The smallest absolute Gasteiger partial charge is 0.243 e. The van der Waals surface area contributed by atoms with Crippen molar-refractivity contribution in [1.82, 2.24) is 15.5 Å². The van der Waals surface area contributed by atoms with Crippen LogP contribution in [0.2, 0.25) is 0 Å². The summed E-state index contributed by atoms with van der Waals surface area (Å²) < 4.78 is 0. The van der Waals surface area contributed by atoms with Crippen molar-refractivity contribution in [3.63, 3.8) is 0 Å². The number of nitrogens with one attached hydrogen (secondary N) is 2. The number of amides is 1. The fourth-order valence-electron chi connectivity index (χ4n) is 2.30. The number of nitrogens with zero attached hydrogens (tertiary/aromatic N) is 2. The molecule has 0 fully saturated rings. The summed E-state index contributed by atoms with van der Waals surface area (Å²) in [6.07, 6.45) is 0.923. The molecule has 0 spiro atoms. The summed E-state index contributed by atoms with van der Waals surface area (Å²) >= 11 is 0. The Balaban J connectivity index is 0.00000576. The molecule has 1 rings (SSSR count). The molecule has 0 atom stereocenters. The fraction of sp³-hybridized carbons (Fsp3) is 0.579. The minimum absolute atomic E-state index is 0. The van der Waals surface area contributed by atoms with Crippen molar-refractivity contribution in [2.24, 2.45) is 10.9 Å². The molecule has 6 heteroatoms. The zero-order chi connectivity index (χ0) is 18.1. The molecular formula is C19H33IN4O. The summed E-state index contributed by atoms with van der Waals surface area (Å²) in [5.74, 6) is 1.21. The molecule has 1 aromatic rings. The van der Waals surface area contributed by atoms with Crippen LogP contribution in [0, 0.1) is 19.8 Å². The van der Waals surface area contributed by atoms with Gasteiger partial charge in [0, 0.05) is 27.2 Å². The van der Waals surface area contributed by atoms with E-state index in [1.165, 1.54) is 16.7 Å². The highest BCUT2D eigenvalue weighted by atomic mass is 127. The Kier molecular flexibility index (Phi) is 11.5. The van der Waals surface area contributed by atoms with Gasteiger partial charge in [0.2, 0.25) is 5.91 Å². The van der Waals surface area contributed by atoms with E-state index in [2.05, 4.69) is 61.5 Å². The number of carbonyl (C=O) groups is 1. The number of likely N-dealkylation sites (N-methyl/N-ethyl adjacent to an activating group) is 1. The third-order valence-electron chi connectivity index (χ3n) is 3.54. The van der Waals surface area contributed by atoms with Gasteiger partial charge < -0.3 is 15.5 Å². The van der Waals surface area contributed by atoms with E-state index in [4.69, 9.17) is 0 Å². The molecule has 0 aliphatic heterocycles. The molecule has 0 saturated carbocycles. The molecule has 0 aliphatic rings. The van der Waals surface area contributed by atoms with E-state index in [9.17, 15) is 4.79 Å². The Bertz CT molecular complexity index is 550. The summed E-state index contributed by atoms with van der Waals surface area (Å²) in [5.41, 5.74) is 3.88. The topological polar surface area (TPSA) is 56.7 Å². The van der Waals surface area contributed by atoms with E-state index in [-0.39, 0.29) is 36.4 Å². The van der Waals surface area contributed by atoms with Crippen LogP contribution in [0.4, 0.5) is 0 Å². The van der Waals surface area contributed by atoms with Crippen molar-refractivity contribution in [3.8, 4) is 0 Å². The predicted molar refractivity (Wildman–Crippen MR) is 117 cm³/mol. The fourth-order valence-corrected chi connectivity index (χ4v) is 2.30. The molecule has 1 aromatic carbocycles. The number of aryl methyl sites for hydroxylation is 2. The molecule has 25 heavy (non-hydrogen) atoms. The number of aliphatic imine (C=N–C) groups is 1. The average Bonchev–Trinajstić information content (AvgIpc) is 2.47. The van der Waals surface area contributed by atoms with Crippen molar-refractivity contribution in [1.29, 1.82) is 0 Å². The molecule has 0 heterocycles.